The van der Waals surface area contributed by atoms with Crippen molar-refractivity contribution in [2.75, 3.05) is 0 Å². The van der Waals surface area contributed by atoms with Crippen molar-refractivity contribution in [3.63, 3.8) is 0 Å². The quantitative estimate of drug-likeness (QED) is 0.826. The number of hydrogen-bond donors (Lipinski definition) is 2. The van der Waals surface area contributed by atoms with E-state index in [0.29, 0.717) is 5.84 Å². The summed E-state index contributed by atoms with van der Waals surface area (Å²) in [5.41, 5.74) is 5.13. The molecule has 1 aromatic heterocycles. The van der Waals surface area contributed by atoms with Crippen LogP contribution in [0.3, 0.4) is 0 Å². The zero-order valence-corrected chi connectivity index (χ0v) is 11.9. The van der Waals surface area contributed by atoms with E-state index in [1.165, 1.54) is 10.7 Å². The van der Waals surface area contributed by atoms with Gasteiger partial charge in [0.1, 0.15) is 0 Å². The summed E-state index contributed by atoms with van der Waals surface area (Å²) in [7, 11) is 0. The third-order valence-corrected chi connectivity index (χ3v) is 3.55. The first-order valence-electron chi connectivity index (χ1n) is 6.76. The number of aromatic amines is 1. The highest BCUT2D eigenvalue weighted by Crippen LogP contribution is 2.24. The van der Waals surface area contributed by atoms with Gasteiger partial charge in [-0.1, -0.05) is 29.8 Å². The van der Waals surface area contributed by atoms with Gasteiger partial charge in [0, 0.05) is 18.2 Å². The molecule has 3 rings (SSSR count). The van der Waals surface area contributed by atoms with Crippen molar-refractivity contribution < 1.29 is 4.79 Å². The average Bonchev–Trinajstić information content (AvgIpc) is 2.78. The molecule has 2 heterocycles. The van der Waals surface area contributed by atoms with Crippen molar-refractivity contribution in [2.24, 2.45) is 5.10 Å². The van der Waals surface area contributed by atoms with Crippen molar-refractivity contribution in [1.29, 1.82) is 0 Å². The number of H-pyrrole nitrogens is 1. The Balaban J connectivity index is 2.08. The van der Waals surface area contributed by atoms with Crippen molar-refractivity contribution in [3.05, 3.63) is 57.5 Å². The number of hydrogen-bond acceptors (Lipinski definition) is 3. The maximum Gasteiger partial charge on any atom is 0.272 e. The lowest BCUT2D eigenvalue weighted by atomic mass is 9.92. The van der Waals surface area contributed by atoms with Crippen molar-refractivity contribution in [3.8, 4) is 0 Å². The number of hydrazone groups is 1. The van der Waals surface area contributed by atoms with E-state index in [0.717, 1.165) is 16.8 Å². The number of carbonyl (C=O) groups excluding carboxylic acids is 1. The van der Waals surface area contributed by atoms with Crippen LogP contribution >= 0.6 is 0 Å². The van der Waals surface area contributed by atoms with E-state index in [2.05, 4.69) is 15.6 Å². The fourth-order valence-corrected chi connectivity index (χ4v) is 2.48. The van der Waals surface area contributed by atoms with Gasteiger partial charge in [-0.15, -0.1) is 0 Å². The number of benzene rings is 1. The molecule has 0 saturated heterocycles. The molecule has 1 aliphatic heterocycles. The van der Waals surface area contributed by atoms with Crippen LogP contribution in [-0.2, 0) is 4.79 Å². The molecule has 6 heteroatoms. The first-order valence-corrected chi connectivity index (χ1v) is 6.76. The van der Waals surface area contributed by atoms with Crippen LogP contribution in [0.1, 0.15) is 29.2 Å². The molecule has 1 aromatic carbocycles. The molecule has 21 heavy (non-hydrogen) atoms. The second-order valence-corrected chi connectivity index (χ2v) is 5.29. The van der Waals surface area contributed by atoms with E-state index < -0.39 is 0 Å². The number of aryl methyl sites for hydroxylation is 2. The monoisotopic (exact) mass is 284 g/mol. The Morgan fingerprint density at radius 3 is 2.52 bits per heavy atom. The second kappa shape index (κ2) is 5.05. The third kappa shape index (κ3) is 2.52. The van der Waals surface area contributed by atoms with Crippen LogP contribution in [0.5, 0.6) is 0 Å². The van der Waals surface area contributed by atoms with Crippen LogP contribution < -0.4 is 11.0 Å². The van der Waals surface area contributed by atoms with Crippen molar-refractivity contribution in [2.45, 2.75) is 26.2 Å². The predicted molar refractivity (Wildman–Crippen MR) is 79.3 cm³/mol. The summed E-state index contributed by atoms with van der Waals surface area (Å²) in [5.74, 6) is 0.118. The van der Waals surface area contributed by atoms with Gasteiger partial charge in [-0.25, -0.2) is 10.1 Å². The standard InChI is InChI=1S/C15H16N4O2/c1-9-3-5-11(6-4-9)12-8-13(20)16-17-15(12)19-14(21)7-10(2)18-19/h3-7,12,18H,8H2,1-2H3,(H,16,20). The van der Waals surface area contributed by atoms with Crippen molar-refractivity contribution in [1.82, 2.24) is 15.2 Å². The van der Waals surface area contributed by atoms with Gasteiger partial charge >= 0.3 is 0 Å². The number of nitrogens with one attached hydrogen (secondary N) is 2. The fraction of sp³-hybridized carbons (Fsp3) is 0.267. The minimum Gasteiger partial charge on any atom is -0.294 e. The summed E-state index contributed by atoms with van der Waals surface area (Å²) in [4.78, 5) is 23.7. The molecule has 2 aromatic rings. The minimum absolute atomic E-state index is 0.152. The Morgan fingerprint density at radius 1 is 1.19 bits per heavy atom. The molecule has 1 atom stereocenters. The minimum atomic E-state index is -0.241. The highest BCUT2D eigenvalue weighted by molar-refractivity contribution is 5.97. The van der Waals surface area contributed by atoms with Gasteiger partial charge in [0.25, 0.3) is 5.56 Å². The maximum atomic E-state index is 12.0. The Bertz CT molecular complexity index is 768. The molecule has 0 aliphatic carbocycles. The highest BCUT2D eigenvalue weighted by atomic mass is 16.2. The lowest BCUT2D eigenvalue weighted by Gasteiger charge is -2.23. The first kappa shape index (κ1) is 13.4. The van der Waals surface area contributed by atoms with Gasteiger partial charge in [-0.2, -0.15) is 5.10 Å². The van der Waals surface area contributed by atoms with Crippen LogP contribution in [0.15, 0.2) is 40.2 Å². The third-order valence-electron chi connectivity index (χ3n) is 3.55. The van der Waals surface area contributed by atoms with E-state index in [1.54, 1.807) is 6.92 Å². The second-order valence-electron chi connectivity index (χ2n) is 5.29. The molecule has 108 valence electrons. The molecule has 0 spiro atoms. The summed E-state index contributed by atoms with van der Waals surface area (Å²) in [5, 5.41) is 7.05. The van der Waals surface area contributed by atoms with E-state index in [-0.39, 0.29) is 23.8 Å². The summed E-state index contributed by atoms with van der Waals surface area (Å²) in [6, 6.07) is 9.42. The SMILES string of the molecule is Cc1ccc(C2CC(=O)NN=C2n2[nH]c(C)cc2=O)cc1. The normalized spacial score (nSPS) is 18.3. The van der Waals surface area contributed by atoms with Gasteiger partial charge in [-0.05, 0) is 19.4 Å². The van der Waals surface area contributed by atoms with Crippen molar-refractivity contribution >= 4 is 11.7 Å². The van der Waals surface area contributed by atoms with Gasteiger partial charge in [0.15, 0.2) is 5.84 Å². The van der Waals surface area contributed by atoms with Gasteiger partial charge in [0.05, 0.1) is 5.92 Å². The topological polar surface area (TPSA) is 79.2 Å². The highest BCUT2D eigenvalue weighted by Gasteiger charge is 2.28. The lowest BCUT2D eigenvalue weighted by molar-refractivity contribution is -0.121. The van der Waals surface area contributed by atoms with E-state index in [1.807, 2.05) is 31.2 Å². The Kier molecular flexibility index (Phi) is 3.21. The van der Waals surface area contributed by atoms with Crippen LogP contribution in [0, 0.1) is 13.8 Å². The van der Waals surface area contributed by atoms with Gasteiger partial charge in [0.2, 0.25) is 5.91 Å². The average molecular weight is 284 g/mol. The maximum absolute atomic E-state index is 12.0. The smallest absolute Gasteiger partial charge is 0.272 e. The zero-order valence-electron chi connectivity index (χ0n) is 11.9. The Morgan fingerprint density at radius 2 is 1.90 bits per heavy atom. The molecule has 1 aliphatic rings. The Labute approximate surface area is 121 Å². The molecule has 2 N–H and O–H groups in total. The summed E-state index contributed by atoms with van der Waals surface area (Å²) in [6.07, 6.45) is 0.270. The predicted octanol–water partition coefficient (Wildman–Crippen LogP) is 1.26. The fourth-order valence-electron chi connectivity index (χ4n) is 2.48. The molecule has 0 saturated carbocycles. The number of amides is 1. The van der Waals surface area contributed by atoms with Crippen LogP contribution in [0.25, 0.3) is 0 Å². The summed E-state index contributed by atoms with van der Waals surface area (Å²) < 4.78 is 1.39. The largest absolute Gasteiger partial charge is 0.294 e. The molecule has 0 bridgehead atoms. The lowest BCUT2D eigenvalue weighted by Crippen LogP contribution is -2.39. The van der Waals surface area contributed by atoms with E-state index in [9.17, 15) is 9.59 Å². The van der Waals surface area contributed by atoms with Gasteiger partial charge < -0.3 is 0 Å². The first-order chi connectivity index (χ1) is 10.0. The zero-order chi connectivity index (χ0) is 15.0. The summed E-state index contributed by atoms with van der Waals surface area (Å²) in [6.45, 7) is 3.81. The number of carbonyl (C=O) groups is 1. The molecule has 1 amide bonds. The molecular formula is C15H16N4O2. The van der Waals surface area contributed by atoms with E-state index >= 15 is 0 Å². The van der Waals surface area contributed by atoms with Gasteiger partial charge in [-0.3, -0.25) is 14.7 Å². The molecule has 1 unspecified atom stereocenters. The Hall–Kier alpha value is -2.63. The van der Waals surface area contributed by atoms with E-state index in [4.69, 9.17) is 0 Å². The number of aromatic nitrogens is 2. The van der Waals surface area contributed by atoms with Crippen LogP contribution in [-0.4, -0.2) is 21.5 Å². The van der Waals surface area contributed by atoms with Crippen LogP contribution in [0.2, 0.25) is 0 Å². The molecule has 6 nitrogen and oxygen atoms in total. The molecule has 0 radical (unpaired) electrons. The summed E-state index contributed by atoms with van der Waals surface area (Å²) >= 11 is 0. The molecular weight excluding hydrogens is 268 g/mol. The molecule has 0 fully saturated rings. The van der Waals surface area contributed by atoms with Crippen LogP contribution in [0.4, 0.5) is 0 Å². The number of rotatable bonds is 1. The number of nitrogens with zero attached hydrogens (tertiary/aromatic N) is 2.